The van der Waals surface area contributed by atoms with Crippen molar-refractivity contribution in [2.24, 2.45) is 0 Å². The molecule has 7 nitrogen and oxygen atoms in total. The summed E-state index contributed by atoms with van der Waals surface area (Å²) in [7, 11) is 3.35. The molecule has 0 bridgehead atoms. The largest absolute Gasteiger partial charge is 0.493 e. The van der Waals surface area contributed by atoms with Crippen molar-refractivity contribution in [2.45, 2.75) is 39.5 Å². The van der Waals surface area contributed by atoms with E-state index in [0.29, 0.717) is 19.6 Å². The zero-order valence-electron chi connectivity index (χ0n) is 18.5. The van der Waals surface area contributed by atoms with Crippen LogP contribution in [0.15, 0.2) is 12.1 Å². The van der Waals surface area contributed by atoms with Gasteiger partial charge in [0.05, 0.1) is 26.4 Å². The molecule has 29 heavy (non-hydrogen) atoms. The highest BCUT2D eigenvalue weighted by Crippen LogP contribution is 2.29. The maximum atomic E-state index is 12.7. The van der Waals surface area contributed by atoms with Crippen molar-refractivity contribution in [3.63, 3.8) is 0 Å². The van der Waals surface area contributed by atoms with Crippen LogP contribution in [-0.2, 0) is 16.1 Å². The molecule has 1 aromatic carbocycles. The van der Waals surface area contributed by atoms with E-state index in [2.05, 4.69) is 19.1 Å². The first-order valence-electron chi connectivity index (χ1n) is 10.7. The topological polar surface area (TPSA) is 56.9 Å². The molecule has 2 saturated heterocycles. The Bertz CT molecular complexity index is 694. The number of quaternary nitrogens is 2. The van der Waals surface area contributed by atoms with Gasteiger partial charge < -0.3 is 28.9 Å². The van der Waals surface area contributed by atoms with Crippen LogP contribution in [0.1, 0.15) is 25.0 Å². The van der Waals surface area contributed by atoms with Gasteiger partial charge in [0.1, 0.15) is 32.7 Å². The average Bonchev–Trinajstić information content (AvgIpc) is 2.69. The second-order valence-corrected chi connectivity index (χ2v) is 8.54. The Morgan fingerprint density at radius 3 is 2.17 bits per heavy atom. The Balaban J connectivity index is 1.50. The second-order valence-electron chi connectivity index (χ2n) is 8.54. The quantitative estimate of drug-likeness (QED) is 0.631. The van der Waals surface area contributed by atoms with Crippen molar-refractivity contribution in [3.05, 3.63) is 23.3 Å². The molecule has 2 aliphatic heterocycles. The Morgan fingerprint density at radius 2 is 1.59 bits per heavy atom. The molecule has 0 spiro atoms. The number of hydrogen-bond donors (Lipinski definition) is 2. The van der Waals surface area contributed by atoms with Gasteiger partial charge in [-0.25, -0.2) is 0 Å². The van der Waals surface area contributed by atoms with Gasteiger partial charge in [-0.2, -0.15) is 0 Å². The number of nitrogens with one attached hydrogen (secondary N) is 2. The van der Waals surface area contributed by atoms with Crippen LogP contribution in [0.5, 0.6) is 11.5 Å². The number of ether oxygens (including phenoxy) is 3. The van der Waals surface area contributed by atoms with E-state index in [4.69, 9.17) is 14.2 Å². The van der Waals surface area contributed by atoms with E-state index in [1.54, 1.807) is 19.1 Å². The zero-order valence-corrected chi connectivity index (χ0v) is 18.5. The number of methoxy groups -OCH3 is 2. The zero-order chi connectivity index (χ0) is 21.0. The summed E-state index contributed by atoms with van der Waals surface area (Å²) in [6.07, 6.45) is 0.257. The lowest BCUT2D eigenvalue weighted by Gasteiger charge is -2.36. The summed E-state index contributed by atoms with van der Waals surface area (Å²) < 4.78 is 16.6. The minimum atomic E-state index is 0.128. The van der Waals surface area contributed by atoms with E-state index in [1.165, 1.54) is 16.0 Å². The van der Waals surface area contributed by atoms with Gasteiger partial charge in [-0.05, 0) is 38.5 Å². The van der Waals surface area contributed by atoms with Gasteiger partial charge in [0.25, 0.3) is 5.91 Å². The van der Waals surface area contributed by atoms with E-state index in [0.717, 1.165) is 44.2 Å². The summed E-state index contributed by atoms with van der Waals surface area (Å²) in [5.74, 6) is 1.83. The molecule has 2 fully saturated rings. The highest BCUT2D eigenvalue weighted by atomic mass is 16.5. The number of piperazine rings is 1. The van der Waals surface area contributed by atoms with Gasteiger partial charge in [0.15, 0.2) is 18.0 Å². The number of rotatable bonds is 6. The molecule has 2 atom stereocenters. The number of carbonyl (C=O) groups excluding carboxylic acids is 1. The molecule has 3 rings (SSSR count). The summed E-state index contributed by atoms with van der Waals surface area (Å²) in [5, 5.41) is 0. The number of carbonyl (C=O) groups is 1. The number of hydrogen-bond acceptors (Lipinski definition) is 4. The van der Waals surface area contributed by atoms with Crippen molar-refractivity contribution < 1.29 is 28.8 Å². The molecule has 1 amide bonds. The first-order valence-corrected chi connectivity index (χ1v) is 10.7. The van der Waals surface area contributed by atoms with Crippen LogP contribution >= 0.6 is 0 Å². The minimum Gasteiger partial charge on any atom is -0.493 e. The van der Waals surface area contributed by atoms with Gasteiger partial charge in [0.2, 0.25) is 0 Å². The number of amides is 1. The number of morpholine rings is 1. The number of aryl methyl sites for hydroxylation is 1. The fraction of sp³-hybridized carbons (Fsp3) is 0.682. The van der Waals surface area contributed by atoms with Crippen LogP contribution in [0.25, 0.3) is 0 Å². The predicted octanol–water partition coefficient (Wildman–Crippen LogP) is -1.07. The van der Waals surface area contributed by atoms with Gasteiger partial charge in [-0.15, -0.1) is 0 Å². The van der Waals surface area contributed by atoms with Crippen LogP contribution in [0.2, 0.25) is 0 Å². The Kier molecular flexibility index (Phi) is 7.38. The molecule has 0 radical (unpaired) electrons. The third-order valence-electron chi connectivity index (χ3n) is 6.12. The summed E-state index contributed by atoms with van der Waals surface area (Å²) in [4.78, 5) is 17.7. The molecule has 7 heteroatoms. The first-order chi connectivity index (χ1) is 13.9. The van der Waals surface area contributed by atoms with E-state index in [9.17, 15) is 4.79 Å². The third kappa shape index (κ3) is 5.62. The van der Waals surface area contributed by atoms with E-state index < -0.39 is 0 Å². The average molecular weight is 408 g/mol. The molecular weight excluding hydrogens is 370 g/mol. The van der Waals surface area contributed by atoms with E-state index in [1.807, 2.05) is 18.7 Å². The van der Waals surface area contributed by atoms with E-state index >= 15 is 0 Å². The van der Waals surface area contributed by atoms with Crippen LogP contribution in [-0.4, -0.2) is 83.0 Å². The molecule has 0 aromatic heterocycles. The summed E-state index contributed by atoms with van der Waals surface area (Å²) in [5.41, 5.74) is 2.53. The van der Waals surface area contributed by atoms with Crippen molar-refractivity contribution in [1.82, 2.24) is 4.90 Å². The standard InChI is InChI=1S/C22H35N3O4/c1-16-10-20(27-4)21(28-5)11-19(16)14-23-6-8-24(9-7-23)15-22(26)25-12-17(2)29-18(3)13-25/h10-11,17-18H,6-9,12-15H2,1-5H3/p+2/t17-,18+. The summed E-state index contributed by atoms with van der Waals surface area (Å²) in [6.45, 7) is 13.4. The molecule has 162 valence electrons. The van der Waals surface area contributed by atoms with Crippen molar-refractivity contribution in [1.29, 1.82) is 0 Å². The molecule has 0 unspecified atom stereocenters. The van der Waals surface area contributed by atoms with Crippen molar-refractivity contribution >= 4 is 5.91 Å². The maximum absolute atomic E-state index is 12.7. The lowest BCUT2D eigenvalue weighted by atomic mass is 10.1. The van der Waals surface area contributed by atoms with Crippen molar-refractivity contribution in [3.8, 4) is 11.5 Å². The molecule has 2 N–H and O–H groups in total. The fourth-order valence-electron chi connectivity index (χ4n) is 4.50. The molecule has 0 aliphatic carbocycles. The maximum Gasteiger partial charge on any atom is 0.277 e. The lowest BCUT2D eigenvalue weighted by Crippen LogP contribution is -3.28. The van der Waals surface area contributed by atoms with Crippen LogP contribution < -0.4 is 19.3 Å². The molecule has 2 aliphatic rings. The van der Waals surface area contributed by atoms with Crippen LogP contribution in [0.4, 0.5) is 0 Å². The number of nitrogens with zero attached hydrogens (tertiary/aromatic N) is 1. The minimum absolute atomic E-state index is 0.128. The van der Waals surface area contributed by atoms with Crippen molar-refractivity contribution in [2.75, 3.05) is 60.0 Å². The highest BCUT2D eigenvalue weighted by Gasteiger charge is 2.30. The van der Waals surface area contributed by atoms with Gasteiger partial charge >= 0.3 is 0 Å². The molecular formula is C22H37N3O4+2. The Hall–Kier alpha value is -1.83. The van der Waals surface area contributed by atoms with Crippen LogP contribution in [0, 0.1) is 6.92 Å². The molecule has 2 heterocycles. The van der Waals surface area contributed by atoms with Gasteiger partial charge in [0, 0.05) is 18.7 Å². The van der Waals surface area contributed by atoms with Gasteiger partial charge in [-0.3, -0.25) is 4.79 Å². The highest BCUT2D eigenvalue weighted by molar-refractivity contribution is 5.77. The Labute approximate surface area is 174 Å². The normalized spacial score (nSPS) is 27.6. The predicted molar refractivity (Wildman–Crippen MR) is 111 cm³/mol. The van der Waals surface area contributed by atoms with E-state index in [-0.39, 0.29) is 18.1 Å². The first kappa shape index (κ1) is 21.9. The molecule has 1 aromatic rings. The molecule has 0 saturated carbocycles. The summed E-state index contributed by atoms with van der Waals surface area (Å²) in [6, 6.07) is 4.16. The van der Waals surface area contributed by atoms with Gasteiger partial charge in [-0.1, -0.05) is 0 Å². The second kappa shape index (κ2) is 9.78. The van der Waals surface area contributed by atoms with Crippen LogP contribution in [0.3, 0.4) is 0 Å². The fourth-order valence-corrected chi connectivity index (χ4v) is 4.50. The SMILES string of the molecule is COc1cc(C)c(C[NH+]2CC[NH+](CC(=O)N3C[C@@H](C)O[C@@H](C)C3)CC2)cc1OC. The summed E-state index contributed by atoms with van der Waals surface area (Å²) >= 11 is 0. The third-order valence-corrected chi connectivity index (χ3v) is 6.12. The lowest BCUT2D eigenvalue weighted by molar-refractivity contribution is -1.02. The Morgan fingerprint density at radius 1 is 1.03 bits per heavy atom. The monoisotopic (exact) mass is 407 g/mol. The number of benzene rings is 1. The smallest absolute Gasteiger partial charge is 0.277 e.